The number of benzene rings is 2. The number of aromatic nitrogens is 1. The summed E-state index contributed by atoms with van der Waals surface area (Å²) >= 11 is 5.97. The third-order valence-corrected chi connectivity index (χ3v) is 4.78. The van der Waals surface area contributed by atoms with Gasteiger partial charge in [0.05, 0.1) is 12.6 Å². The molecule has 0 radical (unpaired) electrons. The number of nitrogens with one attached hydrogen (secondary N) is 1. The molecule has 29 heavy (non-hydrogen) atoms. The molecule has 0 spiro atoms. The predicted octanol–water partition coefficient (Wildman–Crippen LogP) is 4.43. The molecule has 0 unspecified atom stereocenters. The highest BCUT2D eigenvalue weighted by molar-refractivity contribution is 6.30. The van der Waals surface area contributed by atoms with Crippen molar-refractivity contribution in [3.05, 3.63) is 70.9 Å². The second-order valence-electron chi connectivity index (χ2n) is 6.77. The van der Waals surface area contributed by atoms with Gasteiger partial charge in [-0.25, -0.2) is 0 Å². The molecule has 152 valence electrons. The van der Waals surface area contributed by atoms with Gasteiger partial charge in [-0.15, -0.1) is 0 Å². The van der Waals surface area contributed by atoms with Crippen LogP contribution in [0.25, 0.3) is 11.3 Å². The summed E-state index contributed by atoms with van der Waals surface area (Å²) in [6.07, 6.45) is 0. The van der Waals surface area contributed by atoms with Crippen LogP contribution in [0.1, 0.15) is 29.0 Å². The number of rotatable bonds is 8. The average Bonchev–Trinajstić information content (AvgIpc) is 3.20. The SMILES string of the molecule is CCOc1ccc(-c2cc(C(=O)NC[C@@H](c3ccc(Cl)cc3)N(C)C)no2)cc1. The summed E-state index contributed by atoms with van der Waals surface area (Å²) in [5, 5.41) is 7.52. The van der Waals surface area contributed by atoms with Gasteiger partial charge >= 0.3 is 0 Å². The lowest BCUT2D eigenvalue weighted by molar-refractivity contribution is 0.0933. The zero-order chi connectivity index (χ0) is 20.8. The smallest absolute Gasteiger partial charge is 0.273 e. The molecule has 0 aliphatic rings. The Labute approximate surface area is 175 Å². The van der Waals surface area contributed by atoms with Crippen LogP contribution in [0.4, 0.5) is 0 Å². The van der Waals surface area contributed by atoms with Crippen molar-refractivity contribution in [2.45, 2.75) is 13.0 Å². The molecule has 1 amide bonds. The second kappa shape index (κ2) is 9.58. The zero-order valence-corrected chi connectivity index (χ0v) is 17.4. The Morgan fingerprint density at radius 2 is 1.86 bits per heavy atom. The second-order valence-corrected chi connectivity index (χ2v) is 7.21. The van der Waals surface area contributed by atoms with Crippen LogP contribution >= 0.6 is 11.6 Å². The van der Waals surface area contributed by atoms with Gasteiger partial charge in [-0.1, -0.05) is 28.9 Å². The van der Waals surface area contributed by atoms with E-state index in [9.17, 15) is 4.79 Å². The van der Waals surface area contributed by atoms with E-state index >= 15 is 0 Å². The quantitative estimate of drug-likeness (QED) is 0.591. The summed E-state index contributed by atoms with van der Waals surface area (Å²) < 4.78 is 10.8. The third kappa shape index (κ3) is 5.37. The number of halogens is 1. The lowest BCUT2D eigenvalue weighted by Gasteiger charge is -2.25. The van der Waals surface area contributed by atoms with Crippen LogP contribution in [0.5, 0.6) is 5.75 Å². The Morgan fingerprint density at radius 3 is 2.48 bits per heavy atom. The molecule has 0 saturated heterocycles. The highest BCUT2D eigenvalue weighted by Crippen LogP contribution is 2.24. The fourth-order valence-corrected chi connectivity index (χ4v) is 3.09. The highest BCUT2D eigenvalue weighted by Gasteiger charge is 2.18. The van der Waals surface area contributed by atoms with Crippen LogP contribution in [-0.4, -0.2) is 43.2 Å². The van der Waals surface area contributed by atoms with Gasteiger partial charge in [0.2, 0.25) is 0 Å². The zero-order valence-electron chi connectivity index (χ0n) is 16.7. The summed E-state index contributed by atoms with van der Waals surface area (Å²) in [7, 11) is 3.93. The fraction of sp³-hybridized carbons (Fsp3) is 0.273. The molecule has 1 atom stereocenters. The predicted molar refractivity (Wildman–Crippen MR) is 113 cm³/mol. The lowest BCUT2D eigenvalue weighted by atomic mass is 10.1. The van der Waals surface area contributed by atoms with E-state index in [4.69, 9.17) is 20.9 Å². The molecule has 3 aromatic rings. The van der Waals surface area contributed by atoms with E-state index in [1.807, 2.05) is 74.4 Å². The van der Waals surface area contributed by atoms with Crippen molar-refractivity contribution in [1.29, 1.82) is 0 Å². The number of hydrogen-bond donors (Lipinski definition) is 1. The maximum absolute atomic E-state index is 12.5. The molecule has 0 aliphatic heterocycles. The van der Waals surface area contributed by atoms with Crippen molar-refractivity contribution in [3.63, 3.8) is 0 Å². The van der Waals surface area contributed by atoms with Gasteiger partial charge in [0.25, 0.3) is 5.91 Å². The van der Waals surface area contributed by atoms with Gasteiger partial charge in [-0.3, -0.25) is 4.79 Å². The van der Waals surface area contributed by atoms with E-state index in [-0.39, 0.29) is 17.6 Å². The van der Waals surface area contributed by atoms with E-state index in [1.54, 1.807) is 6.07 Å². The van der Waals surface area contributed by atoms with E-state index in [1.165, 1.54) is 0 Å². The van der Waals surface area contributed by atoms with Crippen molar-refractivity contribution in [2.75, 3.05) is 27.2 Å². The van der Waals surface area contributed by atoms with Crippen LogP contribution in [0.2, 0.25) is 5.02 Å². The highest BCUT2D eigenvalue weighted by atomic mass is 35.5. The fourth-order valence-electron chi connectivity index (χ4n) is 2.96. The number of likely N-dealkylation sites (N-methyl/N-ethyl adjacent to an activating group) is 1. The Kier molecular flexibility index (Phi) is 6.90. The Balaban J connectivity index is 1.65. The standard InChI is InChI=1S/C22H24ClN3O3/c1-4-28-18-11-7-16(8-12-18)21-13-19(25-29-21)22(27)24-14-20(26(2)3)15-5-9-17(23)10-6-15/h5-13,20H,4,14H2,1-3H3,(H,24,27)/t20-/m0/s1. The molecule has 1 heterocycles. The normalized spacial score (nSPS) is 12.0. The molecule has 1 N–H and O–H groups in total. The summed E-state index contributed by atoms with van der Waals surface area (Å²) in [4.78, 5) is 14.6. The van der Waals surface area contributed by atoms with E-state index < -0.39 is 0 Å². The minimum atomic E-state index is -0.285. The van der Waals surface area contributed by atoms with E-state index in [2.05, 4.69) is 10.5 Å². The maximum atomic E-state index is 12.5. The molecule has 0 aliphatic carbocycles. The number of carbonyl (C=O) groups excluding carboxylic acids is 1. The monoisotopic (exact) mass is 413 g/mol. The van der Waals surface area contributed by atoms with Gasteiger partial charge in [-0.2, -0.15) is 0 Å². The number of ether oxygens (including phenoxy) is 1. The average molecular weight is 414 g/mol. The Bertz CT molecular complexity index is 937. The first-order valence-corrected chi connectivity index (χ1v) is 9.75. The van der Waals surface area contributed by atoms with Gasteiger partial charge in [-0.05, 0) is 63.0 Å². The molecular formula is C22H24ClN3O3. The minimum Gasteiger partial charge on any atom is -0.494 e. The van der Waals surface area contributed by atoms with Crippen molar-refractivity contribution in [1.82, 2.24) is 15.4 Å². The summed E-state index contributed by atoms with van der Waals surface area (Å²) in [6, 6.07) is 16.7. The first-order chi connectivity index (χ1) is 14.0. The van der Waals surface area contributed by atoms with Crippen LogP contribution in [0.3, 0.4) is 0 Å². The van der Waals surface area contributed by atoms with Gasteiger partial charge in [0.1, 0.15) is 5.75 Å². The molecular weight excluding hydrogens is 390 g/mol. The van der Waals surface area contributed by atoms with Gasteiger partial charge in [0, 0.05) is 23.2 Å². The van der Waals surface area contributed by atoms with E-state index in [0.717, 1.165) is 16.9 Å². The molecule has 1 aromatic heterocycles. The van der Waals surface area contributed by atoms with E-state index in [0.29, 0.717) is 23.9 Å². The number of nitrogens with zero attached hydrogens (tertiary/aromatic N) is 2. The molecule has 6 nitrogen and oxygen atoms in total. The molecule has 3 rings (SSSR count). The van der Waals surface area contributed by atoms with Crippen molar-refractivity contribution in [2.24, 2.45) is 0 Å². The maximum Gasteiger partial charge on any atom is 0.273 e. The lowest BCUT2D eigenvalue weighted by Crippen LogP contribution is -2.34. The topological polar surface area (TPSA) is 67.6 Å². The largest absolute Gasteiger partial charge is 0.494 e. The molecule has 0 saturated carbocycles. The van der Waals surface area contributed by atoms with Crippen LogP contribution in [0.15, 0.2) is 59.1 Å². The summed E-state index contributed by atoms with van der Waals surface area (Å²) in [5.74, 6) is 1.03. The number of hydrogen-bond acceptors (Lipinski definition) is 5. The molecule has 0 bridgehead atoms. The van der Waals surface area contributed by atoms with Crippen LogP contribution in [0, 0.1) is 0 Å². The first kappa shape index (κ1) is 20.9. The van der Waals surface area contributed by atoms with Crippen molar-refractivity contribution < 1.29 is 14.1 Å². The summed E-state index contributed by atoms with van der Waals surface area (Å²) in [6.45, 7) is 2.97. The Hall–Kier alpha value is -2.83. The number of amides is 1. The number of carbonyl (C=O) groups is 1. The molecule has 7 heteroatoms. The van der Waals surface area contributed by atoms with Gasteiger partial charge in [0.15, 0.2) is 11.5 Å². The molecule has 0 fully saturated rings. The van der Waals surface area contributed by atoms with Crippen LogP contribution in [-0.2, 0) is 0 Å². The van der Waals surface area contributed by atoms with Gasteiger partial charge < -0.3 is 19.5 Å². The first-order valence-electron chi connectivity index (χ1n) is 9.38. The third-order valence-electron chi connectivity index (χ3n) is 4.53. The van der Waals surface area contributed by atoms with Crippen LogP contribution < -0.4 is 10.1 Å². The van der Waals surface area contributed by atoms with Crippen molar-refractivity contribution in [3.8, 4) is 17.1 Å². The summed E-state index contributed by atoms with van der Waals surface area (Å²) in [5.41, 5.74) is 2.13. The van der Waals surface area contributed by atoms with Crippen molar-refractivity contribution >= 4 is 17.5 Å². The molecule has 2 aromatic carbocycles. The Morgan fingerprint density at radius 1 is 1.17 bits per heavy atom. The minimum absolute atomic E-state index is 0.00805.